The molecule has 0 radical (unpaired) electrons. The monoisotopic (exact) mass is 295 g/mol. The van der Waals surface area contributed by atoms with Crippen molar-refractivity contribution < 1.29 is 25.0 Å². The lowest BCUT2D eigenvalue weighted by Gasteiger charge is -2.35. The van der Waals surface area contributed by atoms with Crippen LogP contribution in [0, 0.1) is 10.1 Å². The Morgan fingerprint density at radius 1 is 1.33 bits per heavy atom. The highest BCUT2D eigenvalue weighted by Gasteiger charge is 2.39. The summed E-state index contributed by atoms with van der Waals surface area (Å²) in [5, 5.41) is 39.9. The first-order valence-electron chi connectivity index (χ1n) is 6.26. The molecule has 0 saturated carbocycles. The average Bonchev–Trinajstić information content (AvgIpc) is 2.88. The summed E-state index contributed by atoms with van der Waals surface area (Å²) in [6, 6.07) is 4.13. The van der Waals surface area contributed by atoms with Crippen LogP contribution >= 0.6 is 0 Å². The van der Waals surface area contributed by atoms with Crippen LogP contribution in [0.3, 0.4) is 0 Å². The van der Waals surface area contributed by atoms with Gasteiger partial charge in [-0.25, -0.2) is 4.98 Å². The van der Waals surface area contributed by atoms with E-state index in [1.807, 2.05) is 0 Å². The van der Waals surface area contributed by atoms with Crippen molar-refractivity contribution in [2.75, 3.05) is 6.61 Å². The summed E-state index contributed by atoms with van der Waals surface area (Å²) in [5.74, 6) is 0. The highest BCUT2D eigenvalue weighted by atomic mass is 16.6. The normalized spacial score (nSPS) is 29.7. The van der Waals surface area contributed by atoms with E-state index >= 15 is 0 Å². The van der Waals surface area contributed by atoms with Gasteiger partial charge in [0.25, 0.3) is 5.69 Å². The minimum atomic E-state index is -1.33. The standard InChI is InChI=1S/C12H13N3O6/c16-9-4-21-12(11(18)10(9)17)14-5-13-7-3-6(15(19)20)1-2-8(7)14/h1-3,5,9-12,16-18H,4H2/t9-,10-,11+,12+/m1/s1. The number of imidazole rings is 1. The highest BCUT2D eigenvalue weighted by molar-refractivity contribution is 5.78. The fourth-order valence-electron chi connectivity index (χ4n) is 2.37. The molecule has 0 spiro atoms. The maximum atomic E-state index is 10.7. The Bertz CT molecular complexity index is 687. The number of aliphatic hydroxyl groups excluding tert-OH is 3. The zero-order valence-electron chi connectivity index (χ0n) is 10.7. The number of hydrogen-bond donors (Lipinski definition) is 3. The number of rotatable bonds is 2. The summed E-state index contributed by atoms with van der Waals surface area (Å²) in [6.07, 6.45) is -3.38. The summed E-state index contributed by atoms with van der Waals surface area (Å²) in [5.41, 5.74) is 0.808. The molecule has 1 aliphatic rings. The van der Waals surface area contributed by atoms with Crippen LogP contribution in [0.25, 0.3) is 11.0 Å². The van der Waals surface area contributed by atoms with Gasteiger partial charge < -0.3 is 24.6 Å². The lowest BCUT2D eigenvalue weighted by atomic mass is 10.0. The number of nitrogens with zero attached hydrogens (tertiary/aromatic N) is 3. The largest absolute Gasteiger partial charge is 0.388 e. The van der Waals surface area contributed by atoms with Gasteiger partial charge in [0.15, 0.2) is 6.23 Å². The number of ether oxygens (including phenoxy) is 1. The average molecular weight is 295 g/mol. The molecule has 21 heavy (non-hydrogen) atoms. The SMILES string of the molecule is O=[N+]([O-])c1ccc2c(c1)ncn2[C@H]1OC[C@@H](O)[C@@H](O)[C@@H]1O. The molecule has 9 heteroatoms. The molecule has 2 aromatic rings. The van der Waals surface area contributed by atoms with Crippen LogP contribution in [0.1, 0.15) is 6.23 Å². The van der Waals surface area contributed by atoms with Gasteiger partial charge in [0.1, 0.15) is 18.3 Å². The molecular formula is C12H13N3O6. The Hall–Kier alpha value is -2.07. The Kier molecular flexibility index (Phi) is 3.33. The van der Waals surface area contributed by atoms with Crippen molar-refractivity contribution in [3.63, 3.8) is 0 Å². The second kappa shape index (κ2) is 5.04. The zero-order valence-corrected chi connectivity index (χ0v) is 10.7. The van der Waals surface area contributed by atoms with E-state index in [1.54, 1.807) is 0 Å². The van der Waals surface area contributed by atoms with Gasteiger partial charge in [-0.1, -0.05) is 0 Å². The molecule has 1 aromatic heterocycles. The Morgan fingerprint density at radius 3 is 2.81 bits per heavy atom. The Balaban J connectivity index is 1.99. The molecule has 1 aromatic carbocycles. The fourth-order valence-corrected chi connectivity index (χ4v) is 2.37. The summed E-state index contributed by atoms with van der Waals surface area (Å²) >= 11 is 0. The summed E-state index contributed by atoms with van der Waals surface area (Å²) in [6.45, 7) is -0.129. The van der Waals surface area contributed by atoms with E-state index in [4.69, 9.17) is 4.74 Å². The number of non-ortho nitro benzene ring substituents is 1. The fraction of sp³-hybridized carbons (Fsp3) is 0.417. The summed E-state index contributed by atoms with van der Waals surface area (Å²) in [7, 11) is 0. The van der Waals surface area contributed by atoms with Crippen molar-refractivity contribution in [1.82, 2.24) is 9.55 Å². The van der Waals surface area contributed by atoms with Crippen molar-refractivity contribution in [2.24, 2.45) is 0 Å². The molecule has 1 aliphatic heterocycles. The third kappa shape index (κ3) is 2.25. The van der Waals surface area contributed by atoms with Crippen LogP contribution in [0.2, 0.25) is 0 Å². The Labute approximate surface area is 118 Å². The van der Waals surface area contributed by atoms with Gasteiger partial charge in [-0.3, -0.25) is 10.1 Å². The lowest BCUT2D eigenvalue weighted by molar-refractivity contribution is -0.384. The predicted octanol–water partition coefficient (Wildman–Crippen LogP) is -0.444. The van der Waals surface area contributed by atoms with Crippen LogP contribution in [-0.2, 0) is 4.74 Å². The molecule has 112 valence electrons. The van der Waals surface area contributed by atoms with Gasteiger partial charge in [-0.05, 0) is 6.07 Å². The molecule has 9 nitrogen and oxygen atoms in total. The van der Waals surface area contributed by atoms with Crippen LogP contribution in [0.15, 0.2) is 24.5 Å². The molecule has 4 atom stereocenters. The highest BCUT2D eigenvalue weighted by Crippen LogP contribution is 2.28. The van der Waals surface area contributed by atoms with E-state index in [0.717, 1.165) is 0 Å². The maximum Gasteiger partial charge on any atom is 0.271 e. The minimum Gasteiger partial charge on any atom is -0.388 e. The van der Waals surface area contributed by atoms with Gasteiger partial charge in [0.05, 0.1) is 28.9 Å². The van der Waals surface area contributed by atoms with E-state index in [1.165, 1.54) is 29.1 Å². The van der Waals surface area contributed by atoms with Crippen LogP contribution < -0.4 is 0 Å². The van der Waals surface area contributed by atoms with Crippen LogP contribution in [-0.4, -0.2) is 54.7 Å². The van der Waals surface area contributed by atoms with E-state index in [0.29, 0.717) is 11.0 Å². The van der Waals surface area contributed by atoms with Crippen molar-refractivity contribution in [3.8, 4) is 0 Å². The molecule has 0 unspecified atom stereocenters. The molecular weight excluding hydrogens is 282 g/mol. The first-order chi connectivity index (χ1) is 9.99. The molecule has 0 bridgehead atoms. The molecule has 0 aliphatic carbocycles. The number of benzene rings is 1. The third-order valence-electron chi connectivity index (χ3n) is 3.52. The first kappa shape index (κ1) is 13.9. The molecule has 0 amide bonds. The molecule has 3 rings (SSSR count). The van der Waals surface area contributed by atoms with Gasteiger partial charge in [0, 0.05) is 12.1 Å². The first-order valence-corrected chi connectivity index (χ1v) is 6.26. The van der Waals surface area contributed by atoms with Crippen molar-refractivity contribution in [2.45, 2.75) is 24.5 Å². The van der Waals surface area contributed by atoms with E-state index in [9.17, 15) is 25.4 Å². The topological polar surface area (TPSA) is 131 Å². The second-order valence-corrected chi connectivity index (χ2v) is 4.85. The zero-order chi connectivity index (χ0) is 15.1. The second-order valence-electron chi connectivity index (χ2n) is 4.85. The van der Waals surface area contributed by atoms with E-state index in [2.05, 4.69) is 4.98 Å². The van der Waals surface area contributed by atoms with E-state index in [-0.39, 0.29) is 12.3 Å². The third-order valence-corrected chi connectivity index (χ3v) is 3.52. The number of fused-ring (bicyclic) bond motifs is 1. The molecule has 3 N–H and O–H groups in total. The smallest absolute Gasteiger partial charge is 0.271 e. The summed E-state index contributed by atoms with van der Waals surface area (Å²) in [4.78, 5) is 14.2. The number of aliphatic hydroxyl groups is 3. The minimum absolute atomic E-state index is 0.0895. The van der Waals surface area contributed by atoms with Crippen LogP contribution in [0.4, 0.5) is 5.69 Å². The molecule has 1 fully saturated rings. The number of hydrogen-bond acceptors (Lipinski definition) is 7. The quantitative estimate of drug-likeness (QED) is 0.505. The number of nitro benzene ring substituents is 1. The van der Waals surface area contributed by atoms with Gasteiger partial charge >= 0.3 is 0 Å². The predicted molar refractivity (Wildman–Crippen MR) is 69.4 cm³/mol. The van der Waals surface area contributed by atoms with E-state index < -0.39 is 29.5 Å². The van der Waals surface area contributed by atoms with Crippen molar-refractivity contribution in [3.05, 3.63) is 34.6 Å². The molecule has 2 heterocycles. The van der Waals surface area contributed by atoms with Crippen molar-refractivity contribution >= 4 is 16.7 Å². The van der Waals surface area contributed by atoms with Gasteiger partial charge in [-0.15, -0.1) is 0 Å². The van der Waals surface area contributed by atoms with Gasteiger partial charge in [-0.2, -0.15) is 0 Å². The Morgan fingerprint density at radius 2 is 2.10 bits per heavy atom. The van der Waals surface area contributed by atoms with Crippen molar-refractivity contribution in [1.29, 1.82) is 0 Å². The maximum absolute atomic E-state index is 10.7. The van der Waals surface area contributed by atoms with Crippen LogP contribution in [0.5, 0.6) is 0 Å². The number of aromatic nitrogens is 2. The summed E-state index contributed by atoms with van der Waals surface area (Å²) < 4.78 is 6.80. The van der Waals surface area contributed by atoms with Gasteiger partial charge in [0.2, 0.25) is 0 Å². The molecule has 1 saturated heterocycles. The number of nitro groups is 1. The lowest BCUT2D eigenvalue weighted by Crippen LogP contribution is -2.50.